The van der Waals surface area contributed by atoms with Gasteiger partial charge in [0.1, 0.15) is 12.5 Å². The number of alkyl halides is 3. The third kappa shape index (κ3) is 3.65. The highest BCUT2D eigenvalue weighted by Crippen LogP contribution is 2.29. The lowest BCUT2D eigenvalue weighted by atomic mass is 10.1. The lowest BCUT2D eigenvalue weighted by Crippen LogP contribution is -2.07. The third-order valence-electron chi connectivity index (χ3n) is 2.63. The van der Waals surface area contributed by atoms with Crippen molar-refractivity contribution in [3.63, 3.8) is 0 Å². The summed E-state index contributed by atoms with van der Waals surface area (Å²) in [6.07, 6.45) is -2.21. The second-order valence-corrected chi connectivity index (χ2v) is 4.06. The van der Waals surface area contributed by atoms with Gasteiger partial charge in [0.25, 0.3) is 0 Å². The van der Waals surface area contributed by atoms with Crippen molar-refractivity contribution in [1.29, 1.82) is 0 Å². The summed E-state index contributed by atoms with van der Waals surface area (Å²) < 4.78 is 37.2. The number of nitrogens with one attached hydrogen (secondary N) is 1. The van der Waals surface area contributed by atoms with Gasteiger partial charge in [-0.3, -0.25) is 10.1 Å². The van der Waals surface area contributed by atoms with Crippen molar-refractivity contribution in [3.8, 4) is 0 Å². The highest BCUT2D eigenvalue weighted by atomic mass is 19.4. The van der Waals surface area contributed by atoms with E-state index in [2.05, 4.69) is 15.3 Å². The van der Waals surface area contributed by atoms with E-state index in [0.29, 0.717) is 5.56 Å². The Morgan fingerprint density at radius 2 is 1.90 bits per heavy atom. The van der Waals surface area contributed by atoms with E-state index < -0.39 is 16.7 Å². The van der Waals surface area contributed by atoms with E-state index in [9.17, 15) is 23.3 Å². The summed E-state index contributed by atoms with van der Waals surface area (Å²) in [5, 5.41) is 13.4. The van der Waals surface area contributed by atoms with Crippen LogP contribution in [0.5, 0.6) is 0 Å². The molecule has 0 aliphatic rings. The minimum absolute atomic E-state index is 0.00916. The predicted octanol–water partition coefficient (Wildman–Crippen LogP) is 3.02. The molecule has 0 fully saturated rings. The lowest BCUT2D eigenvalue weighted by molar-refractivity contribution is -0.384. The van der Waals surface area contributed by atoms with E-state index in [0.717, 1.165) is 24.7 Å². The van der Waals surface area contributed by atoms with Crippen molar-refractivity contribution in [1.82, 2.24) is 9.97 Å². The maximum Gasteiger partial charge on any atom is 0.416 e. The summed E-state index contributed by atoms with van der Waals surface area (Å²) >= 11 is 0. The fraction of sp³-hybridized carbons (Fsp3) is 0.167. The minimum Gasteiger partial charge on any atom is -0.360 e. The van der Waals surface area contributed by atoms with Crippen molar-refractivity contribution in [2.75, 3.05) is 5.32 Å². The first-order valence-corrected chi connectivity index (χ1v) is 5.72. The molecule has 0 spiro atoms. The molecule has 1 aromatic carbocycles. The van der Waals surface area contributed by atoms with Crippen LogP contribution < -0.4 is 5.32 Å². The second-order valence-electron chi connectivity index (χ2n) is 4.06. The Morgan fingerprint density at radius 3 is 2.48 bits per heavy atom. The van der Waals surface area contributed by atoms with Crippen molar-refractivity contribution in [3.05, 3.63) is 58.0 Å². The maximum absolute atomic E-state index is 12.4. The van der Waals surface area contributed by atoms with Crippen molar-refractivity contribution < 1.29 is 18.1 Å². The van der Waals surface area contributed by atoms with Gasteiger partial charge in [0, 0.05) is 6.54 Å². The molecule has 0 atom stereocenters. The van der Waals surface area contributed by atoms with Crippen LogP contribution in [0.3, 0.4) is 0 Å². The molecule has 0 radical (unpaired) electrons. The zero-order chi connectivity index (χ0) is 15.5. The fourth-order valence-corrected chi connectivity index (χ4v) is 1.59. The zero-order valence-corrected chi connectivity index (χ0v) is 10.5. The molecule has 2 rings (SSSR count). The highest BCUT2D eigenvalue weighted by molar-refractivity contribution is 5.53. The Bertz CT molecular complexity index is 644. The van der Waals surface area contributed by atoms with Crippen LogP contribution in [0.25, 0.3) is 0 Å². The molecule has 110 valence electrons. The third-order valence-corrected chi connectivity index (χ3v) is 2.63. The summed E-state index contributed by atoms with van der Waals surface area (Å²) in [5.74, 6) is 0.00916. The monoisotopic (exact) mass is 298 g/mol. The van der Waals surface area contributed by atoms with Gasteiger partial charge in [-0.05, 0) is 17.7 Å². The molecule has 1 aromatic heterocycles. The predicted molar refractivity (Wildman–Crippen MR) is 67.5 cm³/mol. The average molecular weight is 298 g/mol. The van der Waals surface area contributed by atoms with Gasteiger partial charge in [0.15, 0.2) is 0 Å². The molecule has 0 amide bonds. The van der Waals surface area contributed by atoms with Gasteiger partial charge in [0.05, 0.1) is 10.5 Å². The van der Waals surface area contributed by atoms with Crippen LogP contribution in [-0.2, 0) is 12.7 Å². The number of halogens is 3. The van der Waals surface area contributed by atoms with E-state index in [4.69, 9.17) is 0 Å². The molecule has 9 heteroatoms. The summed E-state index contributed by atoms with van der Waals surface area (Å²) in [6, 6.07) is 4.49. The molecular formula is C12H9F3N4O2. The van der Waals surface area contributed by atoms with E-state index in [1.165, 1.54) is 12.1 Å². The Balaban J connectivity index is 2.09. The van der Waals surface area contributed by atoms with E-state index in [1.54, 1.807) is 0 Å². The second kappa shape index (κ2) is 5.73. The average Bonchev–Trinajstić information content (AvgIpc) is 2.45. The molecule has 6 nitrogen and oxygen atoms in total. The van der Waals surface area contributed by atoms with Crippen LogP contribution in [0.2, 0.25) is 0 Å². The Kier molecular flexibility index (Phi) is 4.01. The molecule has 0 saturated carbocycles. The number of hydrogen-bond donors (Lipinski definition) is 1. The SMILES string of the molecule is O=[N+]([O-])c1cncnc1NCc1ccc(C(F)(F)F)cc1. The zero-order valence-electron chi connectivity index (χ0n) is 10.5. The maximum atomic E-state index is 12.4. The molecule has 21 heavy (non-hydrogen) atoms. The molecule has 1 heterocycles. The molecule has 0 aliphatic carbocycles. The largest absolute Gasteiger partial charge is 0.416 e. The molecule has 0 bridgehead atoms. The Labute approximate surface area is 116 Å². The van der Waals surface area contributed by atoms with Gasteiger partial charge in [-0.15, -0.1) is 0 Å². The van der Waals surface area contributed by atoms with Crippen LogP contribution in [0.15, 0.2) is 36.8 Å². The molecule has 1 N–H and O–H groups in total. The topological polar surface area (TPSA) is 81.0 Å². The normalized spacial score (nSPS) is 11.2. The molecular weight excluding hydrogens is 289 g/mol. The van der Waals surface area contributed by atoms with Crippen LogP contribution in [-0.4, -0.2) is 14.9 Å². The number of hydrogen-bond acceptors (Lipinski definition) is 5. The highest BCUT2D eigenvalue weighted by Gasteiger charge is 2.29. The fourth-order valence-electron chi connectivity index (χ4n) is 1.59. The molecule has 0 unspecified atom stereocenters. The Hall–Kier alpha value is -2.71. The van der Waals surface area contributed by atoms with Gasteiger partial charge < -0.3 is 5.32 Å². The Morgan fingerprint density at radius 1 is 1.24 bits per heavy atom. The number of anilines is 1. The van der Waals surface area contributed by atoms with Crippen LogP contribution in [0.1, 0.15) is 11.1 Å². The standard InChI is InChI=1S/C12H9F3N4O2/c13-12(14,15)9-3-1-8(2-4-9)5-17-11-10(19(20)21)6-16-7-18-11/h1-4,6-7H,5H2,(H,16,17,18). The van der Waals surface area contributed by atoms with Gasteiger partial charge in [-0.2, -0.15) is 13.2 Å². The molecule has 0 aliphatic heterocycles. The van der Waals surface area contributed by atoms with Gasteiger partial charge in [-0.1, -0.05) is 12.1 Å². The van der Waals surface area contributed by atoms with Crippen LogP contribution >= 0.6 is 0 Å². The van der Waals surface area contributed by atoms with Crippen molar-refractivity contribution >= 4 is 11.5 Å². The van der Waals surface area contributed by atoms with Crippen molar-refractivity contribution in [2.24, 2.45) is 0 Å². The summed E-state index contributed by atoms with van der Waals surface area (Å²) in [6.45, 7) is 0.107. The number of benzene rings is 1. The van der Waals surface area contributed by atoms with E-state index >= 15 is 0 Å². The van der Waals surface area contributed by atoms with Gasteiger partial charge in [0.2, 0.25) is 5.82 Å². The number of rotatable bonds is 4. The first kappa shape index (κ1) is 14.7. The number of aromatic nitrogens is 2. The number of nitrogens with zero attached hydrogens (tertiary/aromatic N) is 3. The summed E-state index contributed by atoms with van der Waals surface area (Å²) in [5.41, 5.74) is -0.514. The quantitative estimate of drug-likeness (QED) is 0.693. The molecule has 0 saturated heterocycles. The summed E-state index contributed by atoms with van der Waals surface area (Å²) in [4.78, 5) is 17.4. The van der Waals surface area contributed by atoms with Crippen LogP contribution in [0, 0.1) is 10.1 Å². The molecule has 2 aromatic rings. The summed E-state index contributed by atoms with van der Waals surface area (Å²) in [7, 11) is 0. The van der Waals surface area contributed by atoms with Gasteiger partial charge in [-0.25, -0.2) is 9.97 Å². The van der Waals surface area contributed by atoms with Crippen molar-refractivity contribution in [2.45, 2.75) is 12.7 Å². The van der Waals surface area contributed by atoms with Gasteiger partial charge >= 0.3 is 11.9 Å². The lowest BCUT2D eigenvalue weighted by Gasteiger charge is -2.08. The number of nitro groups is 1. The van der Waals surface area contributed by atoms with E-state index in [1.807, 2.05) is 0 Å². The minimum atomic E-state index is -4.39. The smallest absolute Gasteiger partial charge is 0.360 e. The van der Waals surface area contributed by atoms with E-state index in [-0.39, 0.29) is 18.1 Å². The van der Waals surface area contributed by atoms with Crippen LogP contribution in [0.4, 0.5) is 24.7 Å². The first-order chi connectivity index (χ1) is 9.88. The first-order valence-electron chi connectivity index (χ1n) is 5.72.